The van der Waals surface area contributed by atoms with E-state index in [9.17, 15) is 14.4 Å². The van der Waals surface area contributed by atoms with E-state index in [-0.39, 0.29) is 19.4 Å². The first kappa shape index (κ1) is 17.7. The number of ether oxygens (including phenoxy) is 1. The number of carbonyl (C=O) groups excluding carboxylic acids is 2. The van der Waals surface area contributed by atoms with Crippen LogP contribution in [0.1, 0.15) is 19.8 Å². The molecule has 0 spiro atoms. The Balaban J connectivity index is 2.83. The van der Waals surface area contributed by atoms with Crippen molar-refractivity contribution in [3.8, 4) is 0 Å². The van der Waals surface area contributed by atoms with Crippen molar-refractivity contribution in [2.45, 2.75) is 31.8 Å². The molecule has 1 rings (SSSR count). The van der Waals surface area contributed by atoms with Crippen LogP contribution in [0.15, 0.2) is 5.10 Å². The van der Waals surface area contributed by atoms with Crippen LogP contribution in [0.4, 0.5) is 0 Å². The van der Waals surface area contributed by atoms with Crippen LogP contribution in [0.3, 0.4) is 0 Å². The van der Waals surface area contributed by atoms with Crippen molar-refractivity contribution in [3.63, 3.8) is 0 Å². The highest BCUT2D eigenvalue weighted by atomic mass is 16.5. The summed E-state index contributed by atoms with van der Waals surface area (Å²) in [5, 5.41) is 15.4. The second kappa shape index (κ2) is 7.56. The zero-order chi connectivity index (χ0) is 16.9. The number of hydrogen-bond acceptors (Lipinski definition) is 9. The van der Waals surface area contributed by atoms with Crippen molar-refractivity contribution < 1.29 is 24.2 Å². The molecular weight excluding hydrogens is 296 g/mol. The summed E-state index contributed by atoms with van der Waals surface area (Å²) in [6, 6.07) is -1.83. The summed E-state index contributed by atoms with van der Waals surface area (Å²) >= 11 is 0. The summed E-state index contributed by atoms with van der Waals surface area (Å²) in [4.78, 5) is 33.5. The van der Waals surface area contributed by atoms with Crippen LogP contribution in [0.25, 0.3) is 0 Å². The highest BCUT2D eigenvalue weighted by Gasteiger charge is 2.35. The maximum Gasteiger partial charge on any atom is 0.329 e. The minimum absolute atomic E-state index is 0.116. The molecule has 0 radical (unpaired) electrons. The number of carboxylic acids is 1. The van der Waals surface area contributed by atoms with E-state index in [1.807, 2.05) is 0 Å². The van der Waals surface area contributed by atoms with Gasteiger partial charge in [-0.2, -0.15) is 0 Å². The minimum Gasteiger partial charge on any atom is -0.480 e. The summed E-state index contributed by atoms with van der Waals surface area (Å²) in [6.07, 6.45) is 0.307. The van der Waals surface area contributed by atoms with Crippen LogP contribution in [-0.2, 0) is 19.1 Å². The number of carbonyl (C=O) groups is 3. The second-order valence-corrected chi connectivity index (χ2v) is 4.68. The Hall–Kier alpha value is -2.40. The molecule has 11 nitrogen and oxygen atoms in total. The first-order chi connectivity index (χ1) is 10.3. The number of carboxylic acid groups (broad SMARTS) is 1. The lowest BCUT2D eigenvalue weighted by Gasteiger charge is -2.32. The minimum atomic E-state index is -1.13. The predicted octanol–water partition coefficient (Wildman–Crippen LogP) is -2.42. The standard InChI is InChI=1S/C11H20N6O5/c1-6(11(21)22-2)17-9(4-3-7(12)10(19)20)14-15-16(17)5-8(13)18/h6-7,15H,3-5,12H2,1-2H3,(H2,13,18)(H,19,20)/t6-,7+/m1/s1. The fourth-order valence-corrected chi connectivity index (χ4v) is 1.89. The van der Waals surface area contributed by atoms with Crippen LogP contribution >= 0.6 is 0 Å². The average molecular weight is 316 g/mol. The van der Waals surface area contributed by atoms with Crippen LogP contribution in [-0.4, -0.2) is 64.7 Å². The topological polar surface area (TPSA) is 164 Å². The van der Waals surface area contributed by atoms with Gasteiger partial charge in [0.05, 0.1) is 7.11 Å². The van der Waals surface area contributed by atoms with Crippen molar-refractivity contribution in [1.29, 1.82) is 0 Å². The molecule has 1 heterocycles. The molecule has 1 aliphatic heterocycles. The number of nitrogens with zero attached hydrogens (tertiary/aromatic N) is 3. The van der Waals surface area contributed by atoms with Crippen molar-refractivity contribution >= 4 is 23.7 Å². The monoisotopic (exact) mass is 316 g/mol. The molecule has 0 unspecified atom stereocenters. The molecule has 22 heavy (non-hydrogen) atoms. The van der Waals surface area contributed by atoms with Crippen molar-refractivity contribution in [2.24, 2.45) is 16.6 Å². The molecule has 1 amide bonds. The highest BCUT2D eigenvalue weighted by molar-refractivity contribution is 5.89. The number of rotatable bonds is 8. The van der Waals surface area contributed by atoms with Crippen molar-refractivity contribution in [1.82, 2.24) is 15.7 Å². The molecular formula is C11H20N6O5. The third-order valence-corrected chi connectivity index (χ3v) is 3.03. The number of nitrogens with two attached hydrogens (primary N) is 2. The number of hydrazone groups is 1. The molecule has 0 bridgehead atoms. The van der Waals surface area contributed by atoms with E-state index in [0.717, 1.165) is 0 Å². The maximum atomic E-state index is 11.7. The SMILES string of the molecule is COC(=O)[C@@H](C)N1C(CC[C@H](N)C(=O)O)=NNN1CC(N)=O. The number of aliphatic carboxylic acids is 1. The third kappa shape index (κ3) is 4.30. The van der Waals surface area contributed by atoms with Crippen molar-refractivity contribution in [2.75, 3.05) is 13.7 Å². The van der Waals surface area contributed by atoms with E-state index in [1.165, 1.54) is 17.2 Å². The second-order valence-electron chi connectivity index (χ2n) is 4.68. The molecule has 11 heteroatoms. The van der Waals surface area contributed by atoms with E-state index in [0.29, 0.717) is 5.84 Å². The van der Waals surface area contributed by atoms with E-state index < -0.39 is 29.9 Å². The zero-order valence-corrected chi connectivity index (χ0v) is 12.4. The molecule has 2 atom stereocenters. The number of hydrogen-bond donors (Lipinski definition) is 4. The first-order valence-electron chi connectivity index (χ1n) is 6.51. The van der Waals surface area contributed by atoms with Crippen LogP contribution in [0, 0.1) is 0 Å². The normalized spacial score (nSPS) is 17.4. The summed E-state index contributed by atoms with van der Waals surface area (Å²) in [5.74, 6) is -1.95. The number of amidine groups is 1. The molecule has 0 aromatic rings. The van der Waals surface area contributed by atoms with Gasteiger partial charge in [0.2, 0.25) is 5.91 Å². The lowest BCUT2D eigenvalue weighted by Crippen LogP contribution is -2.55. The molecule has 6 N–H and O–H groups in total. The molecule has 1 aliphatic rings. The van der Waals surface area contributed by atoms with Gasteiger partial charge in [0.25, 0.3) is 0 Å². The molecule has 0 aromatic carbocycles. The third-order valence-electron chi connectivity index (χ3n) is 3.03. The van der Waals surface area contributed by atoms with Gasteiger partial charge in [-0.3, -0.25) is 14.6 Å². The predicted molar refractivity (Wildman–Crippen MR) is 74.6 cm³/mol. The summed E-state index contributed by atoms with van der Waals surface area (Å²) < 4.78 is 4.66. The zero-order valence-electron chi connectivity index (χ0n) is 12.4. The Morgan fingerprint density at radius 1 is 1.45 bits per heavy atom. The Kier molecular flexibility index (Phi) is 6.07. The lowest BCUT2D eigenvalue weighted by molar-refractivity contribution is -0.152. The maximum absolute atomic E-state index is 11.7. The Labute approximate surface area is 126 Å². The van der Waals surface area contributed by atoms with Crippen LogP contribution < -0.4 is 17.0 Å². The van der Waals surface area contributed by atoms with Gasteiger partial charge in [-0.15, -0.1) is 10.2 Å². The van der Waals surface area contributed by atoms with Gasteiger partial charge in [0, 0.05) is 6.42 Å². The van der Waals surface area contributed by atoms with Crippen LogP contribution in [0.2, 0.25) is 0 Å². The highest BCUT2D eigenvalue weighted by Crippen LogP contribution is 2.15. The lowest BCUT2D eigenvalue weighted by atomic mass is 10.1. The summed E-state index contributed by atoms with van der Waals surface area (Å²) in [6.45, 7) is 1.33. The molecule has 0 aromatic heterocycles. The number of amides is 1. The Bertz CT molecular complexity index is 482. The number of hydrazine groups is 2. The average Bonchev–Trinajstić information content (AvgIpc) is 2.84. The van der Waals surface area contributed by atoms with E-state index in [1.54, 1.807) is 6.92 Å². The van der Waals surface area contributed by atoms with Gasteiger partial charge in [0.15, 0.2) is 0 Å². The molecule has 0 fully saturated rings. The van der Waals surface area contributed by atoms with E-state index in [4.69, 9.17) is 16.6 Å². The number of nitrogens with one attached hydrogen (secondary N) is 1. The van der Waals surface area contributed by atoms with Crippen molar-refractivity contribution in [3.05, 3.63) is 0 Å². The fourth-order valence-electron chi connectivity index (χ4n) is 1.89. The van der Waals surface area contributed by atoms with E-state index in [2.05, 4.69) is 15.4 Å². The number of primary amides is 1. The Morgan fingerprint density at radius 3 is 2.59 bits per heavy atom. The molecule has 0 saturated heterocycles. The van der Waals surface area contributed by atoms with Gasteiger partial charge in [-0.25, -0.2) is 10.3 Å². The number of methoxy groups -OCH3 is 1. The van der Waals surface area contributed by atoms with Gasteiger partial charge < -0.3 is 21.3 Å². The summed E-state index contributed by atoms with van der Waals surface area (Å²) in [5.41, 5.74) is 13.1. The molecule has 0 saturated carbocycles. The van der Waals surface area contributed by atoms with Gasteiger partial charge in [0.1, 0.15) is 24.5 Å². The number of esters is 1. The largest absolute Gasteiger partial charge is 0.480 e. The van der Waals surface area contributed by atoms with Gasteiger partial charge in [-0.05, 0) is 13.3 Å². The smallest absolute Gasteiger partial charge is 0.329 e. The first-order valence-corrected chi connectivity index (χ1v) is 6.51. The quantitative estimate of drug-likeness (QED) is 0.356. The summed E-state index contributed by atoms with van der Waals surface area (Å²) in [7, 11) is 1.23. The van der Waals surface area contributed by atoms with E-state index >= 15 is 0 Å². The van der Waals surface area contributed by atoms with Crippen LogP contribution in [0.5, 0.6) is 0 Å². The Morgan fingerprint density at radius 2 is 2.09 bits per heavy atom. The van der Waals surface area contributed by atoms with Gasteiger partial charge in [-0.1, -0.05) is 0 Å². The molecule has 124 valence electrons. The fraction of sp³-hybridized carbons (Fsp3) is 0.636. The molecule has 0 aliphatic carbocycles. The van der Waals surface area contributed by atoms with Gasteiger partial charge >= 0.3 is 11.9 Å².